The molecule has 1 saturated carbocycles. The molecule has 1 aromatic carbocycles. The molecule has 0 amide bonds. The van der Waals surface area contributed by atoms with Crippen LogP contribution in [0, 0.1) is 5.82 Å². The average Bonchev–Trinajstić information content (AvgIpc) is 3.17. The van der Waals surface area contributed by atoms with Gasteiger partial charge in [-0.3, -0.25) is 0 Å². The van der Waals surface area contributed by atoms with Crippen LogP contribution in [0.5, 0.6) is 0 Å². The number of benzene rings is 1. The molecule has 3 rings (SSSR count). The van der Waals surface area contributed by atoms with Crippen molar-refractivity contribution in [2.75, 3.05) is 5.73 Å². The molecule has 5 heteroatoms. The Labute approximate surface area is 116 Å². The third-order valence-electron chi connectivity index (χ3n) is 3.43. The Morgan fingerprint density at radius 3 is 2.84 bits per heavy atom. The lowest BCUT2D eigenvalue weighted by atomic mass is 10.1. The first-order valence-electron chi connectivity index (χ1n) is 6.43. The lowest BCUT2D eigenvalue weighted by molar-refractivity contribution is 0.631. The summed E-state index contributed by atoms with van der Waals surface area (Å²) in [6.07, 6.45) is 3.01. The predicted octanol–water partition coefficient (Wildman–Crippen LogP) is 3.82. The Morgan fingerprint density at radius 2 is 2.21 bits per heavy atom. The number of hydrogen-bond donors (Lipinski definition) is 1. The zero-order valence-electron chi connectivity index (χ0n) is 10.7. The number of hydrogen-bond acceptors (Lipinski definition) is 2. The Hall–Kier alpha value is -1.55. The first kappa shape index (κ1) is 12.5. The lowest BCUT2D eigenvalue weighted by Crippen LogP contribution is -2.04. The SMILES string of the molecule is CCc1nc(-c2cc(Cl)ccc2F)c(N)n1C1CC1. The summed E-state index contributed by atoms with van der Waals surface area (Å²) in [5.41, 5.74) is 7.04. The molecule has 0 aliphatic heterocycles. The standard InChI is InChI=1S/C14H15ClFN3/c1-2-12-18-13(14(17)19(12)9-4-5-9)10-7-8(15)3-6-11(10)16/h3,6-7,9H,2,4-5,17H2,1H3. The Balaban J connectivity index is 2.17. The molecule has 2 aromatic rings. The van der Waals surface area contributed by atoms with E-state index < -0.39 is 0 Å². The van der Waals surface area contributed by atoms with E-state index in [1.807, 2.05) is 11.5 Å². The molecular formula is C14H15ClFN3. The van der Waals surface area contributed by atoms with Crippen molar-refractivity contribution in [3.63, 3.8) is 0 Å². The molecule has 0 saturated heterocycles. The molecular weight excluding hydrogens is 265 g/mol. The van der Waals surface area contributed by atoms with Crippen LogP contribution >= 0.6 is 11.6 Å². The van der Waals surface area contributed by atoms with Gasteiger partial charge in [-0.15, -0.1) is 0 Å². The number of nitrogens with two attached hydrogens (primary N) is 1. The molecule has 1 aliphatic rings. The van der Waals surface area contributed by atoms with Crippen LogP contribution in [0.2, 0.25) is 5.02 Å². The number of nitrogens with zero attached hydrogens (tertiary/aromatic N) is 2. The van der Waals surface area contributed by atoms with Gasteiger partial charge in [0.1, 0.15) is 23.2 Å². The van der Waals surface area contributed by atoms with Crippen molar-refractivity contribution in [2.45, 2.75) is 32.2 Å². The van der Waals surface area contributed by atoms with Crippen LogP contribution in [0.3, 0.4) is 0 Å². The molecule has 1 aromatic heterocycles. The summed E-state index contributed by atoms with van der Waals surface area (Å²) in [6, 6.07) is 4.87. The second-order valence-electron chi connectivity index (χ2n) is 4.84. The zero-order chi connectivity index (χ0) is 13.6. The zero-order valence-corrected chi connectivity index (χ0v) is 11.4. The highest BCUT2D eigenvalue weighted by molar-refractivity contribution is 6.30. The van der Waals surface area contributed by atoms with Crippen molar-refractivity contribution < 1.29 is 4.39 Å². The third kappa shape index (κ3) is 2.10. The summed E-state index contributed by atoms with van der Waals surface area (Å²) in [5.74, 6) is 1.11. The predicted molar refractivity (Wildman–Crippen MR) is 74.7 cm³/mol. The van der Waals surface area contributed by atoms with Crippen LogP contribution in [0.4, 0.5) is 10.2 Å². The summed E-state index contributed by atoms with van der Waals surface area (Å²) in [6.45, 7) is 2.03. The van der Waals surface area contributed by atoms with Crippen molar-refractivity contribution in [1.82, 2.24) is 9.55 Å². The quantitative estimate of drug-likeness (QED) is 0.928. The van der Waals surface area contributed by atoms with Crippen LogP contribution in [0.15, 0.2) is 18.2 Å². The fraction of sp³-hybridized carbons (Fsp3) is 0.357. The highest BCUT2D eigenvalue weighted by atomic mass is 35.5. The molecule has 1 fully saturated rings. The third-order valence-corrected chi connectivity index (χ3v) is 3.67. The molecule has 0 spiro atoms. The normalized spacial score (nSPS) is 14.9. The van der Waals surface area contributed by atoms with Crippen LogP contribution in [0.1, 0.15) is 31.6 Å². The number of nitrogen functional groups attached to an aromatic ring is 1. The van der Waals surface area contributed by atoms with Crippen molar-refractivity contribution in [3.8, 4) is 11.3 Å². The minimum Gasteiger partial charge on any atom is -0.383 e. The number of halogens is 2. The number of rotatable bonds is 3. The second-order valence-corrected chi connectivity index (χ2v) is 5.28. The van der Waals surface area contributed by atoms with Gasteiger partial charge in [-0.25, -0.2) is 9.37 Å². The van der Waals surface area contributed by atoms with E-state index in [4.69, 9.17) is 17.3 Å². The molecule has 19 heavy (non-hydrogen) atoms. The molecule has 1 aliphatic carbocycles. The van der Waals surface area contributed by atoms with E-state index in [2.05, 4.69) is 4.98 Å². The van der Waals surface area contributed by atoms with Gasteiger partial charge in [0.2, 0.25) is 0 Å². The second kappa shape index (κ2) is 4.53. The van der Waals surface area contributed by atoms with E-state index in [0.717, 1.165) is 25.1 Å². The van der Waals surface area contributed by atoms with Crippen molar-refractivity contribution in [1.29, 1.82) is 0 Å². The first-order chi connectivity index (χ1) is 9.11. The van der Waals surface area contributed by atoms with E-state index in [-0.39, 0.29) is 5.82 Å². The summed E-state index contributed by atoms with van der Waals surface area (Å²) < 4.78 is 16.0. The van der Waals surface area contributed by atoms with Gasteiger partial charge >= 0.3 is 0 Å². The number of imidazole rings is 1. The van der Waals surface area contributed by atoms with Gasteiger partial charge in [-0.05, 0) is 31.0 Å². The summed E-state index contributed by atoms with van der Waals surface area (Å²) in [4.78, 5) is 4.50. The average molecular weight is 280 g/mol. The van der Waals surface area contributed by atoms with Gasteiger partial charge in [0.15, 0.2) is 0 Å². The fourth-order valence-electron chi connectivity index (χ4n) is 2.36. The minimum absolute atomic E-state index is 0.348. The van der Waals surface area contributed by atoms with E-state index >= 15 is 0 Å². The van der Waals surface area contributed by atoms with E-state index in [9.17, 15) is 4.39 Å². The maximum absolute atomic E-state index is 13.9. The maximum atomic E-state index is 13.9. The summed E-state index contributed by atoms with van der Waals surface area (Å²) >= 11 is 5.93. The Bertz CT molecular complexity index is 632. The summed E-state index contributed by atoms with van der Waals surface area (Å²) in [5, 5.41) is 0.481. The van der Waals surface area contributed by atoms with Crippen LogP contribution in [-0.4, -0.2) is 9.55 Å². The van der Waals surface area contributed by atoms with Gasteiger partial charge in [0.25, 0.3) is 0 Å². The maximum Gasteiger partial charge on any atom is 0.132 e. The fourth-order valence-corrected chi connectivity index (χ4v) is 2.53. The molecule has 3 nitrogen and oxygen atoms in total. The molecule has 100 valence electrons. The van der Waals surface area contributed by atoms with Gasteiger partial charge in [0.05, 0.1) is 0 Å². The first-order valence-corrected chi connectivity index (χ1v) is 6.81. The molecule has 0 bridgehead atoms. The van der Waals surface area contributed by atoms with Gasteiger partial charge in [0, 0.05) is 23.0 Å². The lowest BCUT2D eigenvalue weighted by Gasteiger charge is -2.07. The van der Waals surface area contributed by atoms with Gasteiger partial charge in [-0.2, -0.15) is 0 Å². The highest BCUT2D eigenvalue weighted by Crippen LogP contribution is 2.41. The molecule has 1 heterocycles. The smallest absolute Gasteiger partial charge is 0.132 e. The van der Waals surface area contributed by atoms with E-state index in [1.165, 1.54) is 12.1 Å². The number of anilines is 1. The van der Waals surface area contributed by atoms with E-state index in [1.54, 1.807) is 6.07 Å². The monoisotopic (exact) mass is 279 g/mol. The highest BCUT2D eigenvalue weighted by Gasteiger charge is 2.30. The molecule has 0 unspecified atom stereocenters. The minimum atomic E-state index is -0.348. The molecule has 2 N–H and O–H groups in total. The van der Waals surface area contributed by atoms with Crippen molar-refractivity contribution >= 4 is 17.4 Å². The van der Waals surface area contributed by atoms with Crippen LogP contribution < -0.4 is 5.73 Å². The Kier molecular flexibility index (Phi) is 2.97. The van der Waals surface area contributed by atoms with Crippen molar-refractivity contribution in [3.05, 3.63) is 34.9 Å². The topological polar surface area (TPSA) is 43.8 Å². The van der Waals surface area contributed by atoms with Crippen LogP contribution in [0.25, 0.3) is 11.3 Å². The summed E-state index contributed by atoms with van der Waals surface area (Å²) in [7, 11) is 0. The van der Waals surface area contributed by atoms with Crippen molar-refractivity contribution in [2.24, 2.45) is 0 Å². The number of aryl methyl sites for hydroxylation is 1. The van der Waals surface area contributed by atoms with Gasteiger partial charge < -0.3 is 10.3 Å². The van der Waals surface area contributed by atoms with Crippen LogP contribution in [-0.2, 0) is 6.42 Å². The van der Waals surface area contributed by atoms with E-state index in [0.29, 0.717) is 28.1 Å². The number of aromatic nitrogens is 2. The Morgan fingerprint density at radius 1 is 1.47 bits per heavy atom. The molecule has 0 radical (unpaired) electrons. The largest absolute Gasteiger partial charge is 0.383 e. The molecule has 0 atom stereocenters. The van der Waals surface area contributed by atoms with Gasteiger partial charge in [-0.1, -0.05) is 18.5 Å².